The summed E-state index contributed by atoms with van der Waals surface area (Å²) in [6.45, 7) is 1.91. The first-order chi connectivity index (χ1) is 8.24. The third kappa shape index (κ3) is 3.37. The van der Waals surface area contributed by atoms with Crippen molar-refractivity contribution >= 4 is 11.7 Å². The molecule has 0 fully saturated rings. The molecule has 0 saturated carbocycles. The summed E-state index contributed by atoms with van der Waals surface area (Å²) in [6.07, 6.45) is 5.42. The highest BCUT2D eigenvalue weighted by atomic mass is 16.3. The molecule has 0 bridgehead atoms. The van der Waals surface area contributed by atoms with Crippen molar-refractivity contribution in [1.29, 1.82) is 0 Å². The summed E-state index contributed by atoms with van der Waals surface area (Å²) in [6, 6.07) is 3.44. The number of amides is 2. The van der Waals surface area contributed by atoms with Gasteiger partial charge in [-0.2, -0.15) is 5.10 Å². The van der Waals surface area contributed by atoms with E-state index in [0.717, 1.165) is 5.76 Å². The van der Waals surface area contributed by atoms with E-state index in [2.05, 4.69) is 20.8 Å². The number of nitrogens with zero attached hydrogens (tertiary/aromatic N) is 1. The predicted molar refractivity (Wildman–Crippen MR) is 62.6 cm³/mol. The van der Waals surface area contributed by atoms with E-state index in [4.69, 9.17) is 4.42 Å². The smallest absolute Gasteiger partial charge is 0.319 e. The Balaban J connectivity index is 1.78. The number of rotatable bonds is 4. The Morgan fingerprint density at radius 1 is 1.65 bits per heavy atom. The number of furan rings is 1. The minimum atomic E-state index is -0.259. The van der Waals surface area contributed by atoms with Crippen LogP contribution in [-0.2, 0) is 6.42 Å². The maximum atomic E-state index is 11.6. The summed E-state index contributed by atoms with van der Waals surface area (Å²) in [5.41, 5.74) is 0.632. The van der Waals surface area contributed by atoms with Gasteiger partial charge in [0.05, 0.1) is 18.1 Å². The minimum Gasteiger partial charge on any atom is -0.469 e. The fraction of sp³-hybridized carbons (Fsp3) is 0.273. The fourth-order valence-corrected chi connectivity index (χ4v) is 1.49. The van der Waals surface area contributed by atoms with Crippen molar-refractivity contribution in [2.24, 2.45) is 0 Å². The van der Waals surface area contributed by atoms with Gasteiger partial charge < -0.3 is 15.1 Å². The van der Waals surface area contributed by atoms with Gasteiger partial charge in [-0.1, -0.05) is 0 Å². The molecule has 2 rings (SSSR count). The van der Waals surface area contributed by atoms with Crippen LogP contribution in [-0.4, -0.2) is 22.3 Å². The Hall–Kier alpha value is -2.24. The van der Waals surface area contributed by atoms with Crippen LogP contribution in [0.15, 0.2) is 35.2 Å². The van der Waals surface area contributed by atoms with E-state index < -0.39 is 0 Å². The molecule has 0 saturated heterocycles. The number of hydrogen-bond donors (Lipinski definition) is 3. The minimum absolute atomic E-state index is 0.00643. The second-order valence-corrected chi connectivity index (χ2v) is 3.77. The van der Waals surface area contributed by atoms with Gasteiger partial charge in [-0.05, 0) is 19.1 Å². The topological polar surface area (TPSA) is 82.9 Å². The highest BCUT2D eigenvalue weighted by Gasteiger charge is 2.09. The van der Waals surface area contributed by atoms with Gasteiger partial charge in [0.2, 0.25) is 0 Å². The summed E-state index contributed by atoms with van der Waals surface area (Å²) < 4.78 is 5.20. The molecule has 90 valence electrons. The van der Waals surface area contributed by atoms with Gasteiger partial charge in [0.25, 0.3) is 0 Å². The first kappa shape index (κ1) is 11.3. The van der Waals surface area contributed by atoms with Crippen LogP contribution in [0.25, 0.3) is 0 Å². The van der Waals surface area contributed by atoms with Gasteiger partial charge in [-0.15, -0.1) is 0 Å². The van der Waals surface area contributed by atoms with Gasteiger partial charge in [0.15, 0.2) is 0 Å². The lowest BCUT2D eigenvalue weighted by atomic mass is 10.2. The van der Waals surface area contributed by atoms with E-state index in [9.17, 15) is 4.79 Å². The zero-order valence-corrected chi connectivity index (χ0v) is 9.43. The third-order valence-corrected chi connectivity index (χ3v) is 2.22. The van der Waals surface area contributed by atoms with E-state index in [1.54, 1.807) is 12.5 Å². The molecule has 0 radical (unpaired) electrons. The average molecular weight is 234 g/mol. The molecule has 0 aromatic carbocycles. The van der Waals surface area contributed by atoms with Crippen molar-refractivity contribution in [3.63, 3.8) is 0 Å². The summed E-state index contributed by atoms with van der Waals surface area (Å²) in [4.78, 5) is 11.6. The maximum Gasteiger partial charge on any atom is 0.319 e. The number of carbonyl (C=O) groups excluding carboxylic acids is 1. The van der Waals surface area contributed by atoms with E-state index in [1.807, 2.05) is 19.1 Å². The number of hydrogen-bond acceptors (Lipinski definition) is 3. The van der Waals surface area contributed by atoms with Crippen molar-refractivity contribution in [1.82, 2.24) is 15.5 Å². The van der Waals surface area contributed by atoms with Gasteiger partial charge in [0, 0.05) is 18.7 Å². The van der Waals surface area contributed by atoms with Gasteiger partial charge >= 0.3 is 6.03 Å². The van der Waals surface area contributed by atoms with Gasteiger partial charge in [-0.25, -0.2) is 4.79 Å². The maximum absolute atomic E-state index is 11.6. The number of nitrogens with one attached hydrogen (secondary N) is 3. The molecule has 3 N–H and O–H groups in total. The van der Waals surface area contributed by atoms with Crippen molar-refractivity contribution in [2.75, 3.05) is 5.32 Å². The molecule has 0 aliphatic rings. The van der Waals surface area contributed by atoms with Gasteiger partial charge in [-0.3, -0.25) is 5.10 Å². The Morgan fingerprint density at radius 3 is 3.18 bits per heavy atom. The lowest BCUT2D eigenvalue weighted by Gasteiger charge is -2.12. The SMILES string of the molecule is C[C@H](Cc1ccco1)NC(=O)Nc1cn[nH]c1. The lowest BCUT2D eigenvalue weighted by Crippen LogP contribution is -2.37. The van der Waals surface area contributed by atoms with Crippen molar-refractivity contribution in [3.05, 3.63) is 36.5 Å². The molecule has 2 aromatic heterocycles. The average Bonchev–Trinajstić information content (AvgIpc) is 2.90. The number of urea groups is 1. The van der Waals surface area contributed by atoms with Crippen LogP contribution < -0.4 is 10.6 Å². The molecule has 17 heavy (non-hydrogen) atoms. The van der Waals surface area contributed by atoms with Gasteiger partial charge in [0.1, 0.15) is 5.76 Å². The largest absolute Gasteiger partial charge is 0.469 e. The second-order valence-electron chi connectivity index (χ2n) is 3.77. The van der Waals surface area contributed by atoms with E-state index in [-0.39, 0.29) is 12.1 Å². The quantitative estimate of drug-likeness (QED) is 0.753. The number of aromatic amines is 1. The zero-order chi connectivity index (χ0) is 12.1. The van der Waals surface area contributed by atoms with Crippen molar-refractivity contribution in [3.8, 4) is 0 Å². The van der Waals surface area contributed by atoms with Crippen LogP contribution in [0.4, 0.5) is 10.5 Å². The van der Waals surface area contributed by atoms with E-state index >= 15 is 0 Å². The van der Waals surface area contributed by atoms with Crippen molar-refractivity contribution in [2.45, 2.75) is 19.4 Å². The number of anilines is 1. The highest BCUT2D eigenvalue weighted by Crippen LogP contribution is 2.05. The monoisotopic (exact) mass is 234 g/mol. The molecule has 0 spiro atoms. The number of aromatic nitrogens is 2. The Labute approximate surface area is 98.4 Å². The normalized spacial score (nSPS) is 12.1. The molecule has 2 heterocycles. The highest BCUT2D eigenvalue weighted by molar-refractivity contribution is 5.89. The summed E-state index contributed by atoms with van der Waals surface area (Å²) in [7, 11) is 0. The molecule has 0 unspecified atom stereocenters. The first-order valence-electron chi connectivity index (χ1n) is 5.32. The van der Waals surface area contributed by atoms with E-state index in [0.29, 0.717) is 12.1 Å². The molecule has 2 amide bonds. The fourth-order valence-electron chi connectivity index (χ4n) is 1.49. The molecule has 2 aromatic rings. The van der Waals surface area contributed by atoms with E-state index in [1.165, 1.54) is 6.20 Å². The van der Waals surface area contributed by atoms with Crippen LogP contribution in [0, 0.1) is 0 Å². The molecular weight excluding hydrogens is 220 g/mol. The van der Waals surface area contributed by atoms with Crippen LogP contribution >= 0.6 is 0 Å². The Morgan fingerprint density at radius 2 is 2.53 bits per heavy atom. The van der Waals surface area contributed by atoms with Crippen molar-refractivity contribution < 1.29 is 9.21 Å². The Bertz CT molecular complexity index is 450. The lowest BCUT2D eigenvalue weighted by molar-refractivity contribution is 0.248. The molecule has 0 aliphatic carbocycles. The standard InChI is InChI=1S/C11H14N4O2/c1-8(5-10-3-2-4-17-10)14-11(16)15-9-6-12-13-7-9/h2-4,6-8H,5H2,1H3,(H,12,13)(H2,14,15,16)/t8-/m1/s1. The number of H-pyrrole nitrogens is 1. The number of carbonyl (C=O) groups is 1. The summed E-state index contributed by atoms with van der Waals surface area (Å²) >= 11 is 0. The molecule has 6 nitrogen and oxygen atoms in total. The molecular formula is C11H14N4O2. The predicted octanol–water partition coefficient (Wildman–Crippen LogP) is 1.76. The first-order valence-corrected chi connectivity index (χ1v) is 5.32. The third-order valence-electron chi connectivity index (χ3n) is 2.22. The van der Waals surface area contributed by atoms with Crippen LogP contribution in [0.2, 0.25) is 0 Å². The molecule has 0 aliphatic heterocycles. The summed E-state index contributed by atoms with van der Waals surface area (Å²) in [5.74, 6) is 0.848. The zero-order valence-electron chi connectivity index (χ0n) is 9.43. The van der Waals surface area contributed by atoms with Crippen LogP contribution in [0.5, 0.6) is 0 Å². The summed E-state index contributed by atoms with van der Waals surface area (Å²) in [5, 5.41) is 11.8. The Kier molecular flexibility index (Phi) is 3.44. The van der Waals surface area contributed by atoms with Crippen LogP contribution in [0.1, 0.15) is 12.7 Å². The molecule has 1 atom stereocenters. The molecule has 6 heteroatoms. The second kappa shape index (κ2) is 5.20. The van der Waals surface area contributed by atoms with Crippen LogP contribution in [0.3, 0.4) is 0 Å².